The van der Waals surface area contributed by atoms with Crippen LogP contribution >= 0.6 is 35.3 Å². The zero-order valence-corrected chi connectivity index (χ0v) is 19.8. The molecule has 3 rings (SSSR count). The Balaban J connectivity index is 0.00000300. The van der Waals surface area contributed by atoms with Gasteiger partial charge in [0.05, 0.1) is 17.9 Å². The topological polar surface area (TPSA) is 61.8 Å². The Morgan fingerprint density at radius 2 is 2.14 bits per heavy atom. The van der Waals surface area contributed by atoms with Crippen LogP contribution in [0.25, 0.3) is 0 Å². The molecule has 1 saturated heterocycles. The van der Waals surface area contributed by atoms with Crippen molar-refractivity contribution in [1.29, 1.82) is 0 Å². The predicted octanol–water partition coefficient (Wildman–Crippen LogP) is 3.92. The largest absolute Gasteiger partial charge is 0.433 e. The number of rotatable bonds is 6. The smallest absolute Gasteiger partial charge is 0.387 e. The SMILES string of the molecule is CN=C(NCc1nc(C)c(C)s1)NC1CCN(c2ccccc2OC(F)F)C1.I. The van der Waals surface area contributed by atoms with E-state index in [1.54, 1.807) is 36.6 Å². The van der Waals surface area contributed by atoms with E-state index in [0.717, 1.165) is 23.7 Å². The van der Waals surface area contributed by atoms with E-state index >= 15 is 0 Å². The summed E-state index contributed by atoms with van der Waals surface area (Å²) in [4.78, 5) is 12.1. The minimum Gasteiger partial charge on any atom is -0.433 e. The lowest BCUT2D eigenvalue weighted by Gasteiger charge is -2.22. The average molecular weight is 537 g/mol. The Morgan fingerprint density at radius 1 is 1.38 bits per heavy atom. The van der Waals surface area contributed by atoms with Crippen LogP contribution in [0.15, 0.2) is 29.3 Å². The fourth-order valence-corrected chi connectivity index (χ4v) is 4.05. The molecule has 1 aliphatic heterocycles. The second-order valence-electron chi connectivity index (χ2n) is 6.60. The second kappa shape index (κ2) is 10.9. The van der Waals surface area contributed by atoms with E-state index in [9.17, 15) is 8.78 Å². The molecule has 1 aromatic heterocycles. The molecule has 0 bridgehead atoms. The summed E-state index contributed by atoms with van der Waals surface area (Å²) in [5.41, 5.74) is 1.74. The number of halogens is 3. The fraction of sp³-hybridized carbons (Fsp3) is 0.474. The molecule has 0 aliphatic carbocycles. The summed E-state index contributed by atoms with van der Waals surface area (Å²) in [5, 5.41) is 7.71. The van der Waals surface area contributed by atoms with Crippen LogP contribution in [0.4, 0.5) is 14.5 Å². The van der Waals surface area contributed by atoms with Crippen LogP contribution in [0.2, 0.25) is 0 Å². The van der Waals surface area contributed by atoms with E-state index in [-0.39, 0.29) is 35.8 Å². The van der Waals surface area contributed by atoms with Gasteiger partial charge in [-0.3, -0.25) is 4.99 Å². The van der Waals surface area contributed by atoms with E-state index in [0.29, 0.717) is 24.7 Å². The van der Waals surface area contributed by atoms with E-state index in [2.05, 4.69) is 37.2 Å². The van der Waals surface area contributed by atoms with Gasteiger partial charge in [-0.05, 0) is 32.4 Å². The zero-order valence-electron chi connectivity index (χ0n) is 16.6. The van der Waals surface area contributed by atoms with Crippen molar-refractivity contribution in [3.8, 4) is 5.75 Å². The van der Waals surface area contributed by atoms with E-state index < -0.39 is 6.61 Å². The Morgan fingerprint density at radius 3 is 2.79 bits per heavy atom. The molecule has 6 nitrogen and oxygen atoms in total. The maximum absolute atomic E-state index is 12.7. The number of thiazole rings is 1. The van der Waals surface area contributed by atoms with Gasteiger partial charge in [0.2, 0.25) is 0 Å². The monoisotopic (exact) mass is 537 g/mol. The molecule has 2 N–H and O–H groups in total. The van der Waals surface area contributed by atoms with Crippen molar-refractivity contribution in [3.63, 3.8) is 0 Å². The predicted molar refractivity (Wildman–Crippen MR) is 124 cm³/mol. The zero-order chi connectivity index (χ0) is 20.1. The number of ether oxygens (including phenoxy) is 1. The number of guanidine groups is 1. The van der Waals surface area contributed by atoms with Crippen LogP contribution < -0.4 is 20.3 Å². The molecule has 0 amide bonds. The summed E-state index contributed by atoms with van der Waals surface area (Å²) in [5.74, 6) is 0.907. The number of aryl methyl sites for hydroxylation is 2. The van der Waals surface area contributed by atoms with Crippen molar-refractivity contribution >= 4 is 47.0 Å². The Labute approximate surface area is 190 Å². The van der Waals surface area contributed by atoms with Crippen molar-refractivity contribution in [1.82, 2.24) is 15.6 Å². The molecule has 2 aromatic rings. The van der Waals surface area contributed by atoms with Gasteiger partial charge in [0.25, 0.3) is 0 Å². The molecule has 10 heteroatoms. The standard InChI is InChI=1S/C19H25F2N5OS.HI/c1-12-13(2)28-17(24-12)10-23-19(22-3)25-14-8-9-26(11-14)15-6-4-5-7-16(15)27-18(20)21;/h4-7,14,18H,8-11H2,1-3H3,(H2,22,23,25);1H. The number of benzene rings is 1. The first-order valence-electron chi connectivity index (χ1n) is 9.15. The fourth-order valence-electron chi connectivity index (χ4n) is 3.17. The highest BCUT2D eigenvalue weighted by molar-refractivity contribution is 14.0. The van der Waals surface area contributed by atoms with Crippen molar-refractivity contribution in [2.45, 2.75) is 39.5 Å². The van der Waals surface area contributed by atoms with Crippen LogP contribution in [0, 0.1) is 13.8 Å². The quantitative estimate of drug-likeness (QED) is 0.333. The lowest BCUT2D eigenvalue weighted by atomic mass is 10.2. The first kappa shape index (κ1) is 23.6. The second-order valence-corrected chi connectivity index (χ2v) is 7.88. The van der Waals surface area contributed by atoms with Gasteiger partial charge in [-0.15, -0.1) is 35.3 Å². The number of alkyl halides is 2. The Kier molecular flexibility index (Phi) is 8.87. The molecule has 0 saturated carbocycles. The van der Waals surface area contributed by atoms with Crippen molar-refractivity contribution in [3.05, 3.63) is 39.8 Å². The maximum atomic E-state index is 12.7. The number of hydrogen-bond donors (Lipinski definition) is 2. The van der Waals surface area contributed by atoms with Crippen LogP contribution in [0.3, 0.4) is 0 Å². The summed E-state index contributed by atoms with van der Waals surface area (Å²) in [7, 11) is 1.73. The normalized spacial score (nSPS) is 16.7. The molecule has 1 aromatic carbocycles. The van der Waals surface area contributed by atoms with Gasteiger partial charge in [0, 0.05) is 31.1 Å². The molecule has 29 heavy (non-hydrogen) atoms. The van der Waals surface area contributed by atoms with Gasteiger partial charge in [-0.1, -0.05) is 12.1 Å². The van der Waals surface area contributed by atoms with E-state index in [4.69, 9.17) is 0 Å². The van der Waals surface area contributed by atoms with Gasteiger partial charge in [0.15, 0.2) is 5.96 Å². The molecular weight excluding hydrogens is 511 g/mol. The van der Waals surface area contributed by atoms with Crippen molar-refractivity contribution in [2.75, 3.05) is 25.0 Å². The molecule has 0 spiro atoms. The number of aromatic nitrogens is 1. The first-order valence-corrected chi connectivity index (χ1v) is 9.96. The molecule has 0 radical (unpaired) electrons. The first-order chi connectivity index (χ1) is 13.5. The summed E-state index contributed by atoms with van der Waals surface area (Å²) in [6, 6.07) is 7.06. The lowest BCUT2D eigenvalue weighted by Crippen LogP contribution is -2.44. The number of hydrogen-bond acceptors (Lipinski definition) is 5. The molecule has 1 fully saturated rings. The van der Waals surface area contributed by atoms with E-state index in [1.807, 2.05) is 13.0 Å². The summed E-state index contributed by atoms with van der Waals surface area (Å²) >= 11 is 1.67. The highest BCUT2D eigenvalue weighted by Gasteiger charge is 2.26. The van der Waals surface area contributed by atoms with Crippen LogP contribution in [-0.4, -0.2) is 43.7 Å². The highest BCUT2D eigenvalue weighted by Crippen LogP contribution is 2.31. The molecule has 1 unspecified atom stereocenters. The van der Waals surface area contributed by atoms with Crippen LogP contribution in [-0.2, 0) is 6.54 Å². The Bertz CT molecular complexity index is 813. The summed E-state index contributed by atoms with van der Waals surface area (Å²) in [6.07, 6.45) is 0.874. The van der Waals surface area contributed by atoms with Crippen LogP contribution in [0.1, 0.15) is 22.0 Å². The number of anilines is 1. The van der Waals surface area contributed by atoms with Crippen molar-refractivity contribution < 1.29 is 13.5 Å². The number of para-hydroxylation sites is 2. The molecular formula is C19H26F2IN5OS. The van der Waals surface area contributed by atoms with Crippen molar-refractivity contribution in [2.24, 2.45) is 4.99 Å². The maximum Gasteiger partial charge on any atom is 0.387 e. The highest BCUT2D eigenvalue weighted by atomic mass is 127. The third-order valence-electron chi connectivity index (χ3n) is 4.65. The van der Waals surface area contributed by atoms with Gasteiger partial charge < -0.3 is 20.3 Å². The summed E-state index contributed by atoms with van der Waals surface area (Å²) < 4.78 is 30.0. The minimum absolute atomic E-state index is 0. The van der Waals surface area contributed by atoms with Crippen LogP contribution in [0.5, 0.6) is 5.75 Å². The van der Waals surface area contributed by atoms with Gasteiger partial charge in [-0.25, -0.2) is 4.98 Å². The van der Waals surface area contributed by atoms with Gasteiger partial charge in [0.1, 0.15) is 10.8 Å². The number of nitrogens with zero attached hydrogens (tertiary/aromatic N) is 3. The Hall–Kier alpha value is -1.69. The average Bonchev–Trinajstić information content (AvgIpc) is 3.25. The molecule has 1 atom stereocenters. The van der Waals surface area contributed by atoms with Gasteiger partial charge >= 0.3 is 6.61 Å². The van der Waals surface area contributed by atoms with Gasteiger partial charge in [-0.2, -0.15) is 8.78 Å². The minimum atomic E-state index is -2.83. The molecule has 1 aliphatic rings. The van der Waals surface area contributed by atoms with E-state index in [1.165, 1.54) is 4.88 Å². The molecule has 160 valence electrons. The number of nitrogens with one attached hydrogen (secondary N) is 2. The third kappa shape index (κ3) is 6.39. The lowest BCUT2D eigenvalue weighted by molar-refractivity contribution is -0.0495. The number of aliphatic imine (C=N–C) groups is 1. The summed E-state index contributed by atoms with van der Waals surface area (Å²) in [6.45, 7) is 3.28. The molecule has 2 heterocycles. The third-order valence-corrected chi connectivity index (χ3v) is 5.73.